The van der Waals surface area contributed by atoms with Crippen molar-refractivity contribution in [3.63, 3.8) is 0 Å². The lowest BCUT2D eigenvalue weighted by molar-refractivity contribution is 0.244. The molecule has 0 aliphatic rings. The molecular weight excluding hydrogens is 180 g/mol. The Balaban J connectivity index is 5.02. The summed E-state index contributed by atoms with van der Waals surface area (Å²) in [7, 11) is -2.42. The molecule has 0 atom stereocenters. The summed E-state index contributed by atoms with van der Waals surface area (Å²) in [5.74, 6) is 0. The van der Waals surface area contributed by atoms with Crippen LogP contribution in [0.3, 0.4) is 0 Å². The summed E-state index contributed by atoms with van der Waals surface area (Å²) in [6.07, 6.45) is 3.59. The maximum atomic E-state index is 10.9. The number of rotatable bonds is 4. The molecule has 0 aromatic rings. The number of sulfonamides is 1. The highest BCUT2D eigenvalue weighted by Crippen LogP contribution is 2.00. The van der Waals surface area contributed by atoms with Crippen LogP contribution in [0.1, 0.15) is 0 Å². The van der Waals surface area contributed by atoms with Gasteiger partial charge in [-0.1, -0.05) is 17.5 Å². The Morgan fingerprint density at radius 3 is 2.58 bits per heavy atom. The average Bonchev–Trinajstić information content (AvgIpc) is 2.04. The van der Waals surface area contributed by atoms with Crippen molar-refractivity contribution in [2.45, 2.75) is 0 Å². The van der Waals surface area contributed by atoms with Gasteiger partial charge in [0.1, 0.15) is 4.91 Å². The van der Waals surface area contributed by atoms with Gasteiger partial charge in [-0.25, -0.2) is 8.42 Å². The molecule has 0 aromatic heterocycles. The van der Waals surface area contributed by atoms with Gasteiger partial charge in [0.2, 0.25) is 0 Å². The van der Waals surface area contributed by atoms with Crippen LogP contribution < -0.4 is 4.89 Å². The van der Waals surface area contributed by atoms with Crippen LogP contribution in [-0.2, 0) is 10.0 Å². The van der Waals surface area contributed by atoms with Crippen LogP contribution in [0, 0.1) is 0 Å². The fourth-order valence-electron chi connectivity index (χ4n) is 0.498. The maximum absolute atomic E-state index is 10.9. The standard InChI is InChI=1S/C6H10N2O3S/c1-3-4-6(5-7-2)12(10,11)8-9/h3-5,8-9H,1H2,2H3/b6-4+,7-5?. The first-order chi connectivity index (χ1) is 5.58. The van der Waals surface area contributed by atoms with E-state index < -0.39 is 10.0 Å². The predicted octanol–water partition coefficient (Wildman–Crippen LogP) is 0.0655. The van der Waals surface area contributed by atoms with Gasteiger partial charge in [-0.2, -0.15) is 0 Å². The summed E-state index contributed by atoms with van der Waals surface area (Å²) in [4.78, 5) is 4.52. The van der Waals surface area contributed by atoms with Crippen molar-refractivity contribution >= 4 is 16.2 Å². The van der Waals surface area contributed by atoms with Gasteiger partial charge in [-0.3, -0.25) is 4.99 Å². The Kier molecular flexibility index (Phi) is 4.42. The van der Waals surface area contributed by atoms with Gasteiger partial charge in [0.15, 0.2) is 0 Å². The summed E-state index contributed by atoms with van der Waals surface area (Å²) < 4.78 is 21.8. The van der Waals surface area contributed by atoms with E-state index in [0.29, 0.717) is 0 Å². The minimum Gasteiger partial charge on any atom is -0.302 e. The molecule has 68 valence electrons. The molecule has 0 fully saturated rings. The van der Waals surface area contributed by atoms with E-state index in [9.17, 15) is 8.42 Å². The van der Waals surface area contributed by atoms with Crippen molar-refractivity contribution in [3.8, 4) is 0 Å². The molecule has 0 saturated heterocycles. The molecule has 6 heteroatoms. The molecule has 0 heterocycles. The number of nitrogens with zero attached hydrogens (tertiary/aromatic N) is 1. The van der Waals surface area contributed by atoms with Crippen molar-refractivity contribution in [2.24, 2.45) is 4.99 Å². The predicted molar refractivity (Wildman–Crippen MR) is 46.5 cm³/mol. The highest BCUT2D eigenvalue weighted by molar-refractivity contribution is 7.94. The molecule has 0 radical (unpaired) electrons. The lowest BCUT2D eigenvalue weighted by Gasteiger charge is -1.98. The van der Waals surface area contributed by atoms with Crippen molar-refractivity contribution in [2.75, 3.05) is 7.05 Å². The Morgan fingerprint density at radius 1 is 1.67 bits per heavy atom. The third kappa shape index (κ3) is 2.95. The first-order valence-electron chi connectivity index (χ1n) is 2.99. The van der Waals surface area contributed by atoms with Crippen molar-refractivity contribution in [3.05, 3.63) is 23.6 Å². The molecule has 0 amide bonds. The van der Waals surface area contributed by atoms with Gasteiger partial charge in [-0.15, -0.1) is 0 Å². The van der Waals surface area contributed by atoms with E-state index >= 15 is 0 Å². The molecule has 0 saturated carbocycles. The quantitative estimate of drug-likeness (QED) is 0.374. The normalized spacial score (nSPS) is 13.7. The molecule has 0 rings (SSSR count). The summed E-state index contributed by atoms with van der Waals surface area (Å²) in [6, 6.07) is 0. The summed E-state index contributed by atoms with van der Waals surface area (Å²) in [6.45, 7) is 3.32. The van der Waals surface area contributed by atoms with Crippen LogP contribution in [0.25, 0.3) is 0 Å². The lowest BCUT2D eigenvalue weighted by atomic mass is 10.5. The van der Waals surface area contributed by atoms with E-state index in [4.69, 9.17) is 5.21 Å². The van der Waals surface area contributed by atoms with Crippen LogP contribution in [0.2, 0.25) is 0 Å². The van der Waals surface area contributed by atoms with E-state index in [-0.39, 0.29) is 4.91 Å². The fourth-order valence-corrected chi connectivity index (χ4v) is 1.12. The van der Waals surface area contributed by atoms with Crippen LogP contribution in [0.4, 0.5) is 0 Å². The molecule has 0 aliphatic heterocycles. The van der Waals surface area contributed by atoms with Crippen LogP contribution in [-0.4, -0.2) is 26.9 Å². The van der Waals surface area contributed by atoms with E-state index in [1.807, 2.05) is 0 Å². The summed E-state index contributed by atoms with van der Waals surface area (Å²) in [5, 5.41) is 8.24. The Hall–Kier alpha value is -0.980. The van der Waals surface area contributed by atoms with E-state index in [1.54, 1.807) is 0 Å². The highest BCUT2D eigenvalue weighted by atomic mass is 32.2. The number of allylic oxidation sites excluding steroid dienone is 3. The van der Waals surface area contributed by atoms with Gasteiger partial charge in [0.25, 0.3) is 10.0 Å². The molecule has 2 N–H and O–H groups in total. The van der Waals surface area contributed by atoms with E-state index in [0.717, 1.165) is 6.21 Å². The Morgan fingerprint density at radius 2 is 2.25 bits per heavy atom. The molecule has 0 spiro atoms. The Bertz CT molecular complexity index is 303. The van der Waals surface area contributed by atoms with E-state index in [2.05, 4.69) is 11.6 Å². The summed E-state index contributed by atoms with van der Waals surface area (Å²) >= 11 is 0. The number of hydrogen-bond acceptors (Lipinski definition) is 4. The number of nitrogens with one attached hydrogen (secondary N) is 1. The van der Waals surface area contributed by atoms with Gasteiger partial charge in [0, 0.05) is 13.3 Å². The SMILES string of the molecule is C=C/C=C(\C=NC)S(=O)(=O)NO. The minimum atomic E-state index is -3.84. The smallest absolute Gasteiger partial charge is 0.263 e. The Labute approximate surface area is 71.1 Å². The molecular formula is C6H10N2O3S. The van der Waals surface area contributed by atoms with Crippen LogP contribution in [0.15, 0.2) is 28.6 Å². The second kappa shape index (κ2) is 4.81. The van der Waals surface area contributed by atoms with Crippen molar-refractivity contribution in [1.82, 2.24) is 4.89 Å². The fraction of sp³-hybridized carbons (Fsp3) is 0.167. The van der Waals surface area contributed by atoms with Gasteiger partial charge in [0.05, 0.1) is 0 Å². The van der Waals surface area contributed by atoms with Gasteiger partial charge < -0.3 is 5.21 Å². The number of hydrogen-bond donors (Lipinski definition) is 2. The van der Waals surface area contributed by atoms with E-state index in [1.165, 1.54) is 24.1 Å². The molecule has 0 aliphatic carbocycles. The largest absolute Gasteiger partial charge is 0.302 e. The van der Waals surface area contributed by atoms with Crippen molar-refractivity contribution in [1.29, 1.82) is 0 Å². The molecule has 0 aromatic carbocycles. The topological polar surface area (TPSA) is 78.8 Å². The van der Waals surface area contributed by atoms with Gasteiger partial charge >= 0.3 is 0 Å². The second-order valence-electron chi connectivity index (χ2n) is 1.79. The first-order valence-corrected chi connectivity index (χ1v) is 4.47. The molecule has 5 nitrogen and oxygen atoms in total. The first kappa shape index (κ1) is 11.0. The van der Waals surface area contributed by atoms with Crippen LogP contribution in [0.5, 0.6) is 0 Å². The lowest BCUT2D eigenvalue weighted by Crippen LogP contribution is -2.21. The minimum absolute atomic E-state index is 0.150. The maximum Gasteiger partial charge on any atom is 0.263 e. The van der Waals surface area contributed by atoms with Gasteiger partial charge in [-0.05, 0) is 6.08 Å². The third-order valence-electron chi connectivity index (χ3n) is 0.969. The molecule has 0 bridgehead atoms. The zero-order valence-electron chi connectivity index (χ0n) is 6.56. The highest BCUT2D eigenvalue weighted by Gasteiger charge is 2.12. The molecule has 12 heavy (non-hydrogen) atoms. The summed E-state index contributed by atoms with van der Waals surface area (Å²) in [5.41, 5.74) is 0. The average molecular weight is 190 g/mol. The third-order valence-corrected chi connectivity index (χ3v) is 2.07. The van der Waals surface area contributed by atoms with Crippen molar-refractivity contribution < 1.29 is 13.6 Å². The zero-order chi connectivity index (χ0) is 9.61. The van der Waals surface area contributed by atoms with Crippen LogP contribution >= 0.6 is 0 Å². The monoisotopic (exact) mass is 190 g/mol. The zero-order valence-corrected chi connectivity index (χ0v) is 7.37. The number of aliphatic imine (C=N–C) groups is 1. The second-order valence-corrected chi connectivity index (χ2v) is 3.45. The molecule has 0 unspecified atom stereocenters.